The maximum atomic E-state index is 11.2. The quantitative estimate of drug-likeness (QED) is 0.772. The summed E-state index contributed by atoms with van der Waals surface area (Å²) in [6, 6.07) is 3.08. The van der Waals surface area contributed by atoms with Gasteiger partial charge in [0.2, 0.25) is 0 Å². The Morgan fingerprint density at radius 2 is 1.90 bits per heavy atom. The molecule has 1 rings (SSSR count). The Labute approximate surface area is 120 Å². The first-order valence-corrected chi connectivity index (χ1v) is 6.77. The van der Waals surface area contributed by atoms with E-state index in [-0.39, 0.29) is 11.0 Å². The predicted molar refractivity (Wildman–Crippen MR) is 79.3 cm³/mol. The van der Waals surface area contributed by atoms with Gasteiger partial charge >= 0.3 is 5.97 Å². The predicted octanol–water partition coefficient (Wildman–Crippen LogP) is 2.65. The highest BCUT2D eigenvalue weighted by atomic mass is 16.4. The zero-order valence-electron chi connectivity index (χ0n) is 12.8. The van der Waals surface area contributed by atoms with Crippen molar-refractivity contribution in [1.29, 1.82) is 0 Å². The van der Waals surface area contributed by atoms with Gasteiger partial charge < -0.3 is 15.5 Å². The Hall–Kier alpha value is -1.62. The van der Waals surface area contributed by atoms with E-state index in [0.29, 0.717) is 24.5 Å². The lowest BCUT2D eigenvalue weighted by Gasteiger charge is -2.23. The molecule has 0 saturated heterocycles. The minimum absolute atomic E-state index is 0.198. The molecule has 1 unspecified atom stereocenters. The number of nitrogens with one attached hydrogen (secondary N) is 1. The van der Waals surface area contributed by atoms with Gasteiger partial charge in [0, 0.05) is 17.7 Å². The van der Waals surface area contributed by atoms with Gasteiger partial charge in [-0.1, -0.05) is 27.7 Å². The fourth-order valence-electron chi connectivity index (χ4n) is 1.53. The van der Waals surface area contributed by atoms with Crippen molar-refractivity contribution in [2.24, 2.45) is 0 Å². The Balaban J connectivity index is 3.07. The summed E-state index contributed by atoms with van der Waals surface area (Å²) in [7, 11) is 0. The maximum absolute atomic E-state index is 11.2. The first-order chi connectivity index (χ1) is 9.05. The van der Waals surface area contributed by atoms with Crippen molar-refractivity contribution in [3.63, 3.8) is 0 Å². The van der Waals surface area contributed by atoms with Gasteiger partial charge in [-0.25, -0.2) is 9.78 Å². The van der Waals surface area contributed by atoms with Crippen LogP contribution in [0.25, 0.3) is 0 Å². The number of carboxylic acids is 1. The number of pyridine rings is 1. The number of anilines is 1. The highest BCUT2D eigenvalue weighted by molar-refractivity contribution is 5.88. The number of aromatic carboxylic acids is 1. The summed E-state index contributed by atoms with van der Waals surface area (Å²) in [5.41, 5.74) is -0.183. The van der Waals surface area contributed by atoms with E-state index in [1.807, 2.05) is 27.7 Å². The average Bonchev–Trinajstić information content (AvgIpc) is 2.35. The standard InChI is InChI=1S/C15H24N2O3/c1-6-15(5,20)9-16-12-8-10(13(18)19)7-11(17-12)14(2,3)4/h7-8,20H,6,9H2,1-5H3,(H,16,17)(H,18,19). The summed E-state index contributed by atoms with van der Waals surface area (Å²) in [5.74, 6) is -0.508. The van der Waals surface area contributed by atoms with Gasteiger partial charge in [0.25, 0.3) is 0 Å². The molecule has 5 heteroatoms. The van der Waals surface area contributed by atoms with Gasteiger partial charge in [0.15, 0.2) is 0 Å². The average molecular weight is 280 g/mol. The molecule has 0 aliphatic carbocycles. The van der Waals surface area contributed by atoms with Crippen LogP contribution in [0, 0.1) is 0 Å². The van der Waals surface area contributed by atoms with Crippen LogP contribution in [0.5, 0.6) is 0 Å². The van der Waals surface area contributed by atoms with E-state index in [1.54, 1.807) is 13.0 Å². The summed E-state index contributed by atoms with van der Waals surface area (Å²) < 4.78 is 0. The van der Waals surface area contributed by atoms with E-state index in [2.05, 4.69) is 10.3 Å². The fourth-order valence-corrected chi connectivity index (χ4v) is 1.53. The summed E-state index contributed by atoms with van der Waals surface area (Å²) in [6.07, 6.45) is 0.602. The maximum Gasteiger partial charge on any atom is 0.335 e. The van der Waals surface area contributed by atoms with Crippen molar-refractivity contribution in [2.75, 3.05) is 11.9 Å². The van der Waals surface area contributed by atoms with Crippen LogP contribution in [0.15, 0.2) is 12.1 Å². The minimum atomic E-state index is -0.983. The number of aliphatic hydroxyl groups is 1. The van der Waals surface area contributed by atoms with Crippen molar-refractivity contribution >= 4 is 11.8 Å². The smallest absolute Gasteiger partial charge is 0.335 e. The number of nitrogens with zero attached hydrogens (tertiary/aromatic N) is 1. The van der Waals surface area contributed by atoms with Crippen LogP contribution >= 0.6 is 0 Å². The molecule has 0 fully saturated rings. The van der Waals surface area contributed by atoms with Crippen molar-refractivity contribution < 1.29 is 15.0 Å². The van der Waals surface area contributed by atoms with E-state index in [9.17, 15) is 9.90 Å². The number of hydrogen-bond donors (Lipinski definition) is 3. The first kappa shape index (κ1) is 16.4. The Morgan fingerprint density at radius 1 is 1.30 bits per heavy atom. The summed E-state index contributed by atoms with van der Waals surface area (Å²) in [6.45, 7) is 9.88. The van der Waals surface area contributed by atoms with Crippen molar-refractivity contribution in [2.45, 2.75) is 52.1 Å². The zero-order valence-corrected chi connectivity index (χ0v) is 12.8. The van der Waals surface area contributed by atoms with Crippen LogP contribution in [0.2, 0.25) is 0 Å². The molecule has 5 nitrogen and oxygen atoms in total. The molecule has 1 aromatic heterocycles. The third-order valence-electron chi connectivity index (χ3n) is 3.25. The lowest BCUT2D eigenvalue weighted by Crippen LogP contribution is -2.33. The molecule has 1 atom stereocenters. The normalized spacial score (nSPS) is 14.7. The highest BCUT2D eigenvalue weighted by Gasteiger charge is 2.21. The fraction of sp³-hybridized carbons (Fsp3) is 0.600. The molecule has 3 N–H and O–H groups in total. The summed E-state index contributed by atoms with van der Waals surface area (Å²) in [4.78, 5) is 15.6. The number of hydrogen-bond acceptors (Lipinski definition) is 4. The third-order valence-corrected chi connectivity index (χ3v) is 3.25. The molecule has 0 amide bonds. The SMILES string of the molecule is CCC(C)(O)CNc1cc(C(=O)O)cc(C(C)(C)C)n1. The van der Waals surface area contributed by atoms with Gasteiger partial charge in [-0.05, 0) is 25.5 Å². The number of rotatable bonds is 5. The summed E-state index contributed by atoms with van der Waals surface area (Å²) in [5, 5.41) is 22.2. The van der Waals surface area contributed by atoms with E-state index < -0.39 is 11.6 Å². The topological polar surface area (TPSA) is 82.5 Å². The molecule has 0 radical (unpaired) electrons. The molecule has 112 valence electrons. The molecule has 0 bridgehead atoms. The van der Waals surface area contributed by atoms with Gasteiger partial charge in [-0.2, -0.15) is 0 Å². The zero-order chi connectivity index (χ0) is 15.6. The molecule has 0 saturated carbocycles. The second-order valence-corrected chi connectivity index (χ2v) is 6.39. The summed E-state index contributed by atoms with van der Waals surface area (Å²) >= 11 is 0. The lowest BCUT2D eigenvalue weighted by atomic mass is 9.90. The minimum Gasteiger partial charge on any atom is -0.478 e. The number of carboxylic acid groups (broad SMARTS) is 1. The lowest BCUT2D eigenvalue weighted by molar-refractivity contribution is 0.0693. The van der Waals surface area contributed by atoms with Crippen LogP contribution in [0.1, 0.15) is 57.1 Å². The third kappa shape index (κ3) is 4.49. The molecule has 1 aromatic rings. The van der Waals surface area contributed by atoms with Crippen molar-refractivity contribution in [3.05, 3.63) is 23.4 Å². The molecule has 20 heavy (non-hydrogen) atoms. The van der Waals surface area contributed by atoms with Gasteiger partial charge in [-0.3, -0.25) is 0 Å². The highest BCUT2D eigenvalue weighted by Crippen LogP contribution is 2.23. The van der Waals surface area contributed by atoms with E-state index in [4.69, 9.17) is 5.11 Å². The van der Waals surface area contributed by atoms with Gasteiger partial charge in [0.1, 0.15) is 5.82 Å². The Morgan fingerprint density at radius 3 is 2.35 bits per heavy atom. The van der Waals surface area contributed by atoms with Crippen LogP contribution in [0.4, 0.5) is 5.82 Å². The van der Waals surface area contributed by atoms with E-state index in [1.165, 1.54) is 6.07 Å². The van der Waals surface area contributed by atoms with Crippen LogP contribution in [-0.4, -0.2) is 33.3 Å². The van der Waals surface area contributed by atoms with Crippen molar-refractivity contribution in [1.82, 2.24) is 4.98 Å². The largest absolute Gasteiger partial charge is 0.478 e. The first-order valence-electron chi connectivity index (χ1n) is 6.77. The van der Waals surface area contributed by atoms with Crippen LogP contribution < -0.4 is 5.32 Å². The second kappa shape index (κ2) is 5.79. The monoisotopic (exact) mass is 280 g/mol. The molecular weight excluding hydrogens is 256 g/mol. The van der Waals surface area contributed by atoms with Crippen molar-refractivity contribution in [3.8, 4) is 0 Å². The van der Waals surface area contributed by atoms with Gasteiger partial charge in [0.05, 0.1) is 11.2 Å². The van der Waals surface area contributed by atoms with E-state index >= 15 is 0 Å². The Kier molecular flexibility index (Phi) is 4.76. The molecule has 0 aliphatic heterocycles. The molecule has 1 heterocycles. The molecule has 0 aliphatic rings. The second-order valence-electron chi connectivity index (χ2n) is 6.39. The Bertz CT molecular complexity index is 490. The van der Waals surface area contributed by atoms with E-state index in [0.717, 1.165) is 0 Å². The van der Waals surface area contributed by atoms with Crippen LogP contribution in [-0.2, 0) is 5.41 Å². The number of carbonyl (C=O) groups is 1. The molecule has 0 spiro atoms. The number of aromatic nitrogens is 1. The molecular formula is C15H24N2O3. The van der Waals surface area contributed by atoms with Crippen LogP contribution in [0.3, 0.4) is 0 Å². The molecule has 0 aromatic carbocycles. The van der Waals surface area contributed by atoms with Gasteiger partial charge in [-0.15, -0.1) is 0 Å².